The number of rotatable bonds is 5. The van der Waals surface area contributed by atoms with Crippen molar-refractivity contribution in [1.82, 2.24) is 15.0 Å². The van der Waals surface area contributed by atoms with Gasteiger partial charge in [0.25, 0.3) is 5.91 Å². The molecule has 184 valence electrons. The smallest absolute Gasteiger partial charge is 0.433 e. The van der Waals surface area contributed by atoms with Gasteiger partial charge in [-0.1, -0.05) is 12.1 Å². The fourth-order valence-electron chi connectivity index (χ4n) is 4.23. The standard InChI is InChI=1S/C26H22F3N5O2/c1-3-34-23-18(25(35)33(2)20-8-9-22(26(27,28)29)32-24(20)34)14-16(15-31-23)11-13-36-21-10-12-30-19-7-5-4-6-17(19)21/h4-10,12,14-15H,3,11,13H2,1-2H3. The van der Waals surface area contributed by atoms with Gasteiger partial charge in [0.15, 0.2) is 5.82 Å². The molecule has 0 saturated carbocycles. The minimum atomic E-state index is -4.61. The maximum absolute atomic E-state index is 13.3. The summed E-state index contributed by atoms with van der Waals surface area (Å²) in [5.74, 6) is 0.636. The first-order valence-electron chi connectivity index (χ1n) is 11.4. The minimum Gasteiger partial charge on any atom is -0.492 e. The minimum absolute atomic E-state index is 0.0371. The van der Waals surface area contributed by atoms with Crippen LogP contribution < -0.4 is 14.5 Å². The molecule has 0 unspecified atom stereocenters. The van der Waals surface area contributed by atoms with Gasteiger partial charge in [-0.05, 0) is 48.9 Å². The lowest BCUT2D eigenvalue weighted by molar-refractivity contribution is -0.141. The molecular formula is C26H22F3N5O2. The highest BCUT2D eigenvalue weighted by Gasteiger charge is 2.36. The quantitative estimate of drug-likeness (QED) is 0.370. The van der Waals surface area contributed by atoms with Crippen molar-refractivity contribution in [3.63, 3.8) is 0 Å². The average Bonchev–Trinajstić information content (AvgIpc) is 2.96. The molecule has 3 aromatic heterocycles. The van der Waals surface area contributed by atoms with Crippen LogP contribution in [0.1, 0.15) is 28.5 Å². The van der Waals surface area contributed by atoms with E-state index in [1.165, 1.54) is 22.9 Å². The molecular weight excluding hydrogens is 471 g/mol. The second-order valence-electron chi connectivity index (χ2n) is 8.28. The third-order valence-corrected chi connectivity index (χ3v) is 6.05. The molecule has 0 saturated heterocycles. The van der Waals surface area contributed by atoms with Gasteiger partial charge in [0.2, 0.25) is 0 Å². The molecule has 0 spiro atoms. The van der Waals surface area contributed by atoms with Gasteiger partial charge in [0.05, 0.1) is 23.4 Å². The summed E-state index contributed by atoms with van der Waals surface area (Å²) in [6.07, 6.45) is -0.834. The average molecular weight is 493 g/mol. The van der Waals surface area contributed by atoms with Crippen LogP contribution >= 0.6 is 0 Å². The molecule has 0 atom stereocenters. The summed E-state index contributed by atoms with van der Waals surface area (Å²) in [6, 6.07) is 13.3. The maximum atomic E-state index is 13.3. The number of amides is 1. The molecule has 1 aliphatic heterocycles. The van der Waals surface area contributed by atoms with Crippen LogP contribution in [0.5, 0.6) is 5.75 Å². The summed E-state index contributed by atoms with van der Waals surface area (Å²) in [5, 5.41) is 0.902. The molecule has 1 aromatic carbocycles. The predicted octanol–water partition coefficient (Wildman–Crippen LogP) is 5.41. The van der Waals surface area contributed by atoms with Crippen LogP contribution in [0.3, 0.4) is 0 Å². The van der Waals surface area contributed by atoms with Gasteiger partial charge >= 0.3 is 6.18 Å². The largest absolute Gasteiger partial charge is 0.492 e. The van der Waals surface area contributed by atoms with Crippen LogP contribution in [-0.2, 0) is 12.6 Å². The Morgan fingerprint density at radius 3 is 2.61 bits per heavy atom. The number of fused-ring (bicyclic) bond motifs is 3. The Morgan fingerprint density at radius 1 is 1.03 bits per heavy atom. The van der Waals surface area contributed by atoms with Gasteiger partial charge in [-0.15, -0.1) is 0 Å². The molecule has 0 aliphatic carbocycles. The number of aromatic nitrogens is 3. The monoisotopic (exact) mass is 493 g/mol. The number of halogens is 3. The van der Waals surface area contributed by atoms with E-state index < -0.39 is 11.9 Å². The summed E-state index contributed by atoms with van der Waals surface area (Å²) in [6.45, 7) is 2.39. The number of alkyl halides is 3. The third-order valence-electron chi connectivity index (χ3n) is 6.05. The Bertz CT molecular complexity index is 1450. The van der Waals surface area contributed by atoms with Crippen molar-refractivity contribution in [2.24, 2.45) is 0 Å². The normalized spacial score (nSPS) is 13.4. The fourth-order valence-corrected chi connectivity index (χ4v) is 4.23. The van der Waals surface area contributed by atoms with E-state index in [9.17, 15) is 18.0 Å². The fraction of sp³-hybridized carbons (Fsp3) is 0.231. The van der Waals surface area contributed by atoms with Gasteiger partial charge in [-0.2, -0.15) is 13.2 Å². The van der Waals surface area contributed by atoms with E-state index in [4.69, 9.17) is 4.74 Å². The number of carbonyl (C=O) groups is 1. The molecule has 4 heterocycles. The first-order valence-corrected chi connectivity index (χ1v) is 11.4. The van der Waals surface area contributed by atoms with E-state index in [1.54, 1.807) is 31.5 Å². The van der Waals surface area contributed by atoms with Crippen molar-refractivity contribution in [2.45, 2.75) is 19.5 Å². The Labute approximate surface area is 205 Å². The van der Waals surface area contributed by atoms with Gasteiger partial charge in [0.1, 0.15) is 17.3 Å². The molecule has 0 N–H and O–H groups in total. The highest BCUT2D eigenvalue weighted by molar-refractivity contribution is 6.12. The molecule has 0 bridgehead atoms. The highest BCUT2D eigenvalue weighted by Crippen LogP contribution is 2.40. The lowest BCUT2D eigenvalue weighted by Gasteiger charge is -2.24. The number of hydrogen-bond acceptors (Lipinski definition) is 6. The lowest BCUT2D eigenvalue weighted by atomic mass is 10.1. The molecule has 36 heavy (non-hydrogen) atoms. The third kappa shape index (κ3) is 4.19. The molecule has 5 rings (SSSR count). The summed E-state index contributed by atoms with van der Waals surface area (Å²) in [7, 11) is 1.52. The van der Waals surface area contributed by atoms with Crippen molar-refractivity contribution in [1.29, 1.82) is 0 Å². The summed E-state index contributed by atoms with van der Waals surface area (Å²) < 4.78 is 46.0. The first kappa shape index (κ1) is 23.5. The van der Waals surface area contributed by atoms with E-state index in [1.807, 2.05) is 24.3 Å². The zero-order chi connectivity index (χ0) is 25.4. The van der Waals surface area contributed by atoms with Crippen molar-refractivity contribution in [3.8, 4) is 5.75 Å². The van der Waals surface area contributed by atoms with E-state index in [0.29, 0.717) is 18.8 Å². The van der Waals surface area contributed by atoms with Crippen LogP contribution in [0.25, 0.3) is 10.9 Å². The van der Waals surface area contributed by atoms with Gasteiger partial charge in [0, 0.05) is 37.8 Å². The SMILES string of the molecule is CCN1c2ncc(CCOc3ccnc4ccccc34)cc2C(=O)N(C)c2ccc(C(F)(F)F)nc21. The number of benzene rings is 1. The van der Waals surface area contributed by atoms with Gasteiger partial charge in [-0.25, -0.2) is 9.97 Å². The number of anilines is 3. The Kier molecular flexibility index (Phi) is 5.95. The summed E-state index contributed by atoms with van der Waals surface area (Å²) in [4.78, 5) is 28.8. The zero-order valence-corrected chi connectivity index (χ0v) is 19.6. The second-order valence-corrected chi connectivity index (χ2v) is 8.28. The zero-order valence-electron chi connectivity index (χ0n) is 19.6. The van der Waals surface area contributed by atoms with Crippen LogP contribution in [0.2, 0.25) is 0 Å². The highest BCUT2D eigenvalue weighted by atomic mass is 19.4. The van der Waals surface area contributed by atoms with Crippen LogP contribution in [0, 0.1) is 0 Å². The van der Waals surface area contributed by atoms with Crippen LogP contribution in [0.4, 0.5) is 30.5 Å². The van der Waals surface area contributed by atoms with Crippen molar-refractivity contribution in [2.75, 3.05) is 30.0 Å². The van der Waals surface area contributed by atoms with E-state index >= 15 is 0 Å². The lowest BCUT2D eigenvalue weighted by Crippen LogP contribution is -2.26. The molecule has 10 heteroatoms. The molecule has 7 nitrogen and oxygen atoms in total. The number of ether oxygens (including phenoxy) is 1. The number of para-hydroxylation sites is 1. The number of hydrogen-bond donors (Lipinski definition) is 0. The Balaban J connectivity index is 1.44. The van der Waals surface area contributed by atoms with E-state index in [2.05, 4.69) is 15.0 Å². The van der Waals surface area contributed by atoms with Crippen LogP contribution in [0.15, 0.2) is 60.9 Å². The van der Waals surface area contributed by atoms with Crippen molar-refractivity contribution < 1.29 is 22.7 Å². The molecule has 0 fully saturated rings. The number of pyridine rings is 3. The van der Waals surface area contributed by atoms with E-state index in [0.717, 1.165) is 22.5 Å². The number of nitrogens with zero attached hydrogens (tertiary/aromatic N) is 5. The molecule has 1 amide bonds. The second kappa shape index (κ2) is 9.10. The maximum Gasteiger partial charge on any atom is 0.433 e. The Hall–Kier alpha value is -4.21. The Morgan fingerprint density at radius 2 is 1.83 bits per heavy atom. The van der Waals surface area contributed by atoms with Gasteiger partial charge in [-0.3, -0.25) is 9.78 Å². The molecule has 0 radical (unpaired) electrons. The van der Waals surface area contributed by atoms with Crippen LogP contribution in [-0.4, -0.2) is 41.1 Å². The first-order chi connectivity index (χ1) is 17.3. The molecule has 4 aromatic rings. The van der Waals surface area contributed by atoms with Crippen molar-refractivity contribution >= 4 is 34.1 Å². The molecule has 1 aliphatic rings. The summed E-state index contributed by atoms with van der Waals surface area (Å²) >= 11 is 0. The van der Waals surface area contributed by atoms with E-state index in [-0.39, 0.29) is 35.3 Å². The van der Waals surface area contributed by atoms with Crippen molar-refractivity contribution in [3.05, 3.63) is 77.7 Å². The summed E-state index contributed by atoms with van der Waals surface area (Å²) in [5.41, 5.74) is 1.14. The number of carbonyl (C=O) groups excluding carboxylic acids is 1. The van der Waals surface area contributed by atoms with Gasteiger partial charge < -0.3 is 14.5 Å². The predicted molar refractivity (Wildman–Crippen MR) is 130 cm³/mol. The topological polar surface area (TPSA) is 71.5 Å².